The SMILES string of the molecule is Cc1cccc2nc(CCl)n(-c3cc(Cl)ccc3Br)c12. The minimum Gasteiger partial charge on any atom is -0.294 e. The van der Waals surface area contributed by atoms with Crippen LogP contribution in [0.1, 0.15) is 11.4 Å². The molecule has 0 aliphatic carbocycles. The molecule has 0 aliphatic rings. The lowest BCUT2D eigenvalue weighted by Crippen LogP contribution is -2.01. The van der Waals surface area contributed by atoms with Crippen molar-refractivity contribution >= 4 is 50.2 Å². The Labute approximate surface area is 135 Å². The molecule has 0 radical (unpaired) electrons. The van der Waals surface area contributed by atoms with E-state index in [9.17, 15) is 0 Å². The Balaban J connectivity index is 2.42. The molecule has 1 aromatic heterocycles. The van der Waals surface area contributed by atoms with Crippen molar-refractivity contribution in [1.29, 1.82) is 0 Å². The largest absolute Gasteiger partial charge is 0.294 e. The van der Waals surface area contributed by atoms with Crippen LogP contribution in [0.3, 0.4) is 0 Å². The van der Waals surface area contributed by atoms with E-state index in [1.807, 2.05) is 30.3 Å². The van der Waals surface area contributed by atoms with E-state index in [4.69, 9.17) is 23.2 Å². The highest BCUT2D eigenvalue weighted by molar-refractivity contribution is 9.10. The molecule has 0 spiro atoms. The van der Waals surface area contributed by atoms with Crippen molar-refractivity contribution in [3.05, 3.63) is 57.3 Å². The number of halogens is 3. The second-order valence-corrected chi connectivity index (χ2v) is 6.09. The van der Waals surface area contributed by atoms with E-state index in [1.54, 1.807) is 0 Å². The molecule has 0 atom stereocenters. The van der Waals surface area contributed by atoms with Crippen molar-refractivity contribution < 1.29 is 0 Å². The third kappa shape index (κ3) is 2.24. The summed E-state index contributed by atoms with van der Waals surface area (Å²) in [6.45, 7) is 2.07. The number of aromatic nitrogens is 2. The molecule has 5 heteroatoms. The highest BCUT2D eigenvalue weighted by Crippen LogP contribution is 2.31. The van der Waals surface area contributed by atoms with Crippen LogP contribution in [0, 0.1) is 6.92 Å². The number of hydrogen-bond acceptors (Lipinski definition) is 1. The molecule has 0 N–H and O–H groups in total. The Morgan fingerprint density at radius 3 is 2.80 bits per heavy atom. The topological polar surface area (TPSA) is 17.8 Å². The van der Waals surface area contributed by atoms with Gasteiger partial charge in [0.25, 0.3) is 0 Å². The van der Waals surface area contributed by atoms with Crippen molar-refractivity contribution in [2.24, 2.45) is 0 Å². The molecule has 3 rings (SSSR count). The van der Waals surface area contributed by atoms with Crippen LogP contribution >= 0.6 is 39.1 Å². The molecule has 0 unspecified atom stereocenters. The third-order valence-corrected chi connectivity index (χ3v) is 4.36. The third-order valence-electron chi connectivity index (χ3n) is 3.22. The summed E-state index contributed by atoms with van der Waals surface area (Å²) in [6, 6.07) is 11.8. The van der Waals surface area contributed by atoms with Crippen LogP contribution in [-0.2, 0) is 5.88 Å². The fourth-order valence-corrected chi connectivity index (χ4v) is 3.12. The molecule has 0 bridgehead atoms. The normalized spacial score (nSPS) is 11.2. The minimum atomic E-state index is 0.340. The first-order chi connectivity index (χ1) is 9.61. The van der Waals surface area contributed by atoms with Crippen molar-refractivity contribution in [1.82, 2.24) is 9.55 Å². The Bertz CT molecular complexity index is 796. The molecular weight excluding hydrogens is 359 g/mol. The van der Waals surface area contributed by atoms with Crippen molar-refractivity contribution in [3.8, 4) is 5.69 Å². The summed E-state index contributed by atoms with van der Waals surface area (Å²) in [5.74, 6) is 1.14. The van der Waals surface area contributed by atoms with Gasteiger partial charge < -0.3 is 0 Å². The van der Waals surface area contributed by atoms with Crippen LogP contribution in [0.5, 0.6) is 0 Å². The first kappa shape index (κ1) is 13.9. The maximum absolute atomic E-state index is 6.13. The first-order valence-electron chi connectivity index (χ1n) is 6.10. The average Bonchev–Trinajstić information content (AvgIpc) is 2.81. The fraction of sp³-hybridized carbons (Fsp3) is 0.133. The van der Waals surface area contributed by atoms with Crippen LogP contribution in [0.4, 0.5) is 0 Å². The summed E-state index contributed by atoms with van der Waals surface area (Å²) < 4.78 is 3.02. The van der Waals surface area contributed by atoms with E-state index < -0.39 is 0 Å². The Morgan fingerprint density at radius 1 is 1.25 bits per heavy atom. The zero-order chi connectivity index (χ0) is 14.3. The number of para-hydroxylation sites is 1. The van der Waals surface area contributed by atoms with E-state index in [-0.39, 0.29) is 0 Å². The van der Waals surface area contributed by atoms with E-state index >= 15 is 0 Å². The van der Waals surface area contributed by atoms with Crippen LogP contribution in [0.2, 0.25) is 5.02 Å². The maximum Gasteiger partial charge on any atom is 0.129 e. The van der Waals surface area contributed by atoms with Gasteiger partial charge >= 0.3 is 0 Å². The van der Waals surface area contributed by atoms with Gasteiger partial charge in [-0.15, -0.1) is 11.6 Å². The number of nitrogens with zero attached hydrogens (tertiary/aromatic N) is 2. The van der Waals surface area contributed by atoms with Gasteiger partial charge in [0.05, 0.1) is 22.6 Å². The zero-order valence-electron chi connectivity index (χ0n) is 10.7. The van der Waals surface area contributed by atoms with Gasteiger partial charge in [-0.2, -0.15) is 0 Å². The van der Waals surface area contributed by atoms with Gasteiger partial charge in [-0.3, -0.25) is 4.57 Å². The van der Waals surface area contributed by atoms with E-state index in [0.717, 1.165) is 32.6 Å². The number of hydrogen-bond donors (Lipinski definition) is 0. The smallest absolute Gasteiger partial charge is 0.129 e. The van der Waals surface area contributed by atoms with Crippen LogP contribution in [0.15, 0.2) is 40.9 Å². The zero-order valence-corrected chi connectivity index (χ0v) is 13.8. The van der Waals surface area contributed by atoms with Crippen LogP contribution in [-0.4, -0.2) is 9.55 Å². The van der Waals surface area contributed by atoms with Gasteiger partial charge in [0, 0.05) is 9.50 Å². The molecule has 3 aromatic rings. The lowest BCUT2D eigenvalue weighted by Gasteiger charge is -2.11. The van der Waals surface area contributed by atoms with E-state index in [2.05, 4.69) is 38.5 Å². The summed E-state index contributed by atoms with van der Waals surface area (Å²) in [6.07, 6.45) is 0. The molecule has 0 amide bonds. The predicted octanol–water partition coefficient (Wildman–Crippen LogP) is 5.49. The number of alkyl halides is 1. The number of aryl methyl sites for hydroxylation is 1. The Hall–Kier alpha value is -1.03. The number of imidazole rings is 1. The lowest BCUT2D eigenvalue weighted by molar-refractivity contribution is 0.974. The Kier molecular flexibility index (Phi) is 3.76. The lowest BCUT2D eigenvalue weighted by atomic mass is 10.2. The summed E-state index contributed by atoms with van der Waals surface area (Å²) in [7, 11) is 0. The van der Waals surface area contributed by atoms with E-state index in [1.165, 1.54) is 0 Å². The number of fused-ring (bicyclic) bond motifs is 1. The molecule has 0 saturated heterocycles. The highest BCUT2D eigenvalue weighted by atomic mass is 79.9. The van der Waals surface area contributed by atoms with Crippen LogP contribution in [0.25, 0.3) is 16.7 Å². The second kappa shape index (κ2) is 5.40. The standard InChI is InChI=1S/C15H11BrCl2N2/c1-9-3-2-4-12-15(9)20(14(8-17)19-12)13-7-10(18)5-6-11(13)16/h2-7H,8H2,1H3. The van der Waals surface area contributed by atoms with Crippen molar-refractivity contribution in [2.45, 2.75) is 12.8 Å². The van der Waals surface area contributed by atoms with Gasteiger partial charge in [-0.25, -0.2) is 4.98 Å². The van der Waals surface area contributed by atoms with Gasteiger partial charge in [-0.1, -0.05) is 23.7 Å². The molecule has 1 heterocycles. The monoisotopic (exact) mass is 368 g/mol. The van der Waals surface area contributed by atoms with Gasteiger partial charge in [0.15, 0.2) is 0 Å². The molecule has 102 valence electrons. The Morgan fingerprint density at radius 2 is 2.05 bits per heavy atom. The molecule has 2 nitrogen and oxygen atoms in total. The minimum absolute atomic E-state index is 0.340. The molecule has 0 fully saturated rings. The van der Waals surface area contributed by atoms with Gasteiger partial charge in [-0.05, 0) is 52.7 Å². The molecule has 0 saturated carbocycles. The van der Waals surface area contributed by atoms with Crippen molar-refractivity contribution in [3.63, 3.8) is 0 Å². The van der Waals surface area contributed by atoms with E-state index in [0.29, 0.717) is 10.9 Å². The average molecular weight is 370 g/mol. The molecular formula is C15H11BrCl2N2. The molecule has 2 aromatic carbocycles. The summed E-state index contributed by atoms with van der Waals surface area (Å²) in [5, 5.41) is 0.680. The summed E-state index contributed by atoms with van der Waals surface area (Å²) >= 11 is 15.8. The fourth-order valence-electron chi connectivity index (χ4n) is 2.35. The first-order valence-corrected chi connectivity index (χ1v) is 7.80. The van der Waals surface area contributed by atoms with Crippen LogP contribution < -0.4 is 0 Å². The quantitative estimate of drug-likeness (QED) is 0.546. The number of benzene rings is 2. The molecule has 0 aliphatic heterocycles. The summed E-state index contributed by atoms with van der Waals surface area (Å²) in [5.41, 5.74) is 4.10. The number of rotatable bonds is 2. The highest BCUT2D eigenvalue weighted by Gasteiger charge is 2.15. The van der Waals surface area contributed by atoms with Crippen molar-refractivity contribution in [2.75, 3.05) is 0 Å². The maximum atomic E-state index is 6.13. The predicted molar refractivity (Wildman–Crippen MR) is 88.1 cm³/mol. The van der Waals surface area contributed by atoms with Gasteiger partial charge in [0.1, 0.15) is 5.82 Å². The molecule has 20 heavy (non-hydrogen) atoms. The second-order valence-electron chi connectivity index (χ2n) is 4.54. The summed E-state index contributed by atoms with van der Waals surface area (Å²) in [4.78, 5) is 4.61. The van der Waals surface area contributed by atoms with Gasteiger partial charge in [0.2, 0.25) is 0 Å².